The van der Waals surface area contributed by atoms with Crippen molar-refractivity contribution >= 4 is 11.4 Å². The van der Waals surface area contributed by atoms with Crippen molar-refractivity contribution in [3.63, 3.8) is 0 Å². The number of benzene rings is 1. The van der Waals surface area contributed by atoms with Gasteiger partial charge in [0.2, 0.25) is 0 Å². The second-order valence-corrected chi connectivity index (χ2v) is 6.91. The highest BCUT2D eigenvalue weighted by molar-refractivity contribution is 6.14. The summed E-state index contributed by atoms with van der Waals surface area (Å²) in [5.74, 6) is 0.591. The molecule has 0 bridgehead atoms. The first-order valence-corrected chi connectivity index (χ1v) is 9.13. The summed E-state index contributed by atoms with van der Waals surface area (Å²) in [6, 6.07) is 10.6. The molecule has 0 aliphatic rings. The van der Waals surface area contributed by atoms with Crippen LogP contribution >= 0.6 is 0 Å². The van der Waals surface area contributed by atoms with Crippen molar-refractivity contribution in [2.45, 2.75) is 33.8 Å². The quantitative estimate of drug-likeness (QED) is 0.508. The molecule has 0 aliphatic carbocycles. The Morgan fingerprint density at radius 1 is 1.21 bits per heavy atom. The van der Waals surface area contributed by atoms with Crippen LogP contribution in [-0.2, 0) is 0 Å². The van der Waals surface area contributed by atoms with Gasteiger partial charge in [-0.15, -0.1) is 0 Å². The van der Waals surface area contributed by atoms with Crippen LogP contribution in [0.15, 0.2) is 36.5 Å². The second-order valence-electron chi connectivity index (χ2n) is 6.91. The number of aromatic nitrogens is 3. The molecule has 0 saturated heterocycles. The topological polar surface area (TPSA) is 122 Å². The first-order chi connectivity index (χ1) is 13.8. The van der Waals surface area contributed by atoms with Crippen molar-refractivity contribution in [1.29, 1.82) is 10.7 Å². The number of nitriles is 1. The highest BCUT2D eigenvalue weighted by atomic mass is 16.5. The second kappa shape index (κ2) is 8.07. The molecule has 0 aliphatic heterocycles. The summed E-state index contributed by atoms with van der Waals surface area (Å²) in [7, 11) is 0. The van der Waals surface area contributed by atoms with Gasteiger partial charge in [0, 0.05) is 28.1 Å². The molecule has 2 aromatic heterocycles. The molecule has 29 heavy (non-hydrogen) atoms. The van der Waals surface area contributed by atoms with Crippen molar-refractivity contribution in [3.8, 4) is 11.8 Å². The predicted molar refractivity (Wildman–Crippen MR) is 111 cm³/mol. The highest BCUT2D eigenvalue weighted by Gasteiger charge is 2.17. The van der Waals surface area contributed by atoms with Crippen LogP contribution in [0.25, 0.3) is 0 Å². The van der Waals surface area contributed by atoms with Crippen molar-refractivity contribution in [1.82, 2.24) is 15.2 Å². The molecule has 1 unspecified atom stereocenters. The largest absolute Gasteiger partial charge is 0.486 e. The van der Waals surface area contributed by atoms with Gasteiger partial charge in [0.25, 0.3) is 0 Å². The van der Waals surface area contributed by atoms with Crippen LogP contribution in [0.2, 0.25) is 0 Å². The number of nitrogens with zero attached hydrogens (tertiary/aromatic N) is 4. The fourth-order valence-corrected chi connectivity index (χ4v) is 3.34. The SMILES string of the molecule is Cc1cc(C(=N)c2cc(OC(C)c3c(C)cnnc3C)ccc2N)cc(C#N)n1. The fourth-order valence-electron chi connectivity index (χ4n) is 3.34. The molecule has 3 N–H and O–H groups in total. The molecule has 1 aromatic carbocycles. The zero-order chi connectivity index (χ0) is 21.1. The third kappa shape index (κ3) is 4.22. The number of anilines is 1. The molecule has 7 heteroatoms. The molecule has 0 fully saturated rings. The van der Waals surface area contributed by atoms with E-state index in [-0.39, 0.29) is 17.5 Å². The molecular formula is C22H22N6O. The van der Waals surface area contributed by atoms with Crippen LogP contribution in [-0.4, -0.2) is 20.9 Å². The number of aryl methyl sites for hydroxylation is 3. The normalized spacial score (nSPS) is 11.6. The van der Waals surface area contributed by atoms with Gasteiger partial charge in [-0.05, 0) is 63.6 Å². The molecule has 2 heterocycles. The number of nitrogens with two attached hydrogens (primary N) is 1. The Kier molecular flexibility index (Phi) is 5.55. The van der Waals surface area contributed by atoms with E-state index in [4.69, 9.17) is 21.1 Å². The molecule has 3 rings (SSSR count). The monoisotopic (exact) mass is 386 g/mol. The van der Waals surface area contributed by atoms with Gasteiger partial charge >= 0.3 is 0 Å². The van der Waals surface area contributed by atoms with Crippen molar-refractivity contribution < 1.29 is 4.74 Å². The van der Waals surface area contributed by atoms with Crippen LogP contribution < -0.4 is 10.5 Å². The maximum atomic E-state index is 9.15. The number of pyridine rings is 1. The number of ether oxygens (including phenoxy) is 1. The van der Waals surface area contributed by atoms with Gasteiger partial charge in [0.1, 0.15) is 23.6 Å². The minimum Gasteiger partial charge on any atom is -0.486 e. The van der Waals surface area contributed by atoms with E-state index in [0.29, 0.717) is 28.3 Å². The van der Waals surface area contributed by atoms with E-state index in [0.717, 1.165) is 16.8 Å². The molecule has 1 atom stereocenters. The minimum atomic E-state index is -0.246. The summed E-state index contributed by atoms with van der Waals surface area (Å²) in [5.41, 5.74) is 11.6. The standard InChI is InChI=1S/C22H22N6O/c1-12-11-26-28-14(3)21(12)15(4)29-18-5-6-20(24)19(9-18)22(25)16-7-13(2)27-17(8-16)10-23/h5-9,11,15,25H,24H2,1-4H3. The summed E-state index contributed by atoms with van der Waals surface area (Å²) < 4.78 is 6.13. The van der Waals surface area contributed by atoms with E-state index >= 15 is 0 Å². The zero-order valence-corrected chi connectivity index (χ0v) is 16.8. The van der Waals surface area contributed by atoms with Gasteiger partial charge in [-0.3, -0.25) is 5.41 Å². The Morgan fingerprint density at radius 3 is 2.66 bits per heavy atom. The molecule has 7 nitrogen and oxygen atoms in total. The Balaban J connectivity index is 1.93. The lowest BCUT2D eigenvalue weighted by molar-refractivity contribution is 0.224. The Morgan fingerprint density at radius 2 is 1.97 bits per heavy atom. The van der Waals surface area contributed by atoms with E-state index in [2.05, 4.69) is 15.2 Å². The minimum absolute atomic E-state index is 0.209. The molecule has 3 aromatic rings. The van der Waals surface area contributed by atoms with Gasteiger partial charge in [-0.25, -0.2) is 4.98 Å². The molecule has 0 amide bonds. The number of hydrogen-bond donors (Lipinski definition) is 2. The Hall–Kier alpha value is -3.79. The van der Waals surface area contributed by atoms with Crippen LogP contribution in [0.1, 0.15) is 52.4 Å². The lowest BCUT2D eigenvalue weighted by Gasteiger charge is -2.19. The van der Waals surface area contributed by atoms with E-state index in [1.54, 1.807) is 43.5 Å². The van der Waals surface area contributed by atoms with Gasteiger partial charge in [0.05, 0.1) is 17.6 Å². The number of nitrogens with one attached hydrogen (secondary N) is 1. The van der Waals surface area contributed by atoms with E-state index < -0.39 is 0 Å². The van der Waals surface area contributed by atoms with Crippen molar-refractivity contribution in [2.75, 3.05) is 5.73 Å². The third-order valence-corrected chi connectivity index (χ3v) is 4.64. The summed E-state index contributed by atoms with van der Waals surface area (Å²) in [6.07, 6.45) is 1.47. The first-order valence-electron chi connectivity index (χ1n) is 9.13. The molecular weight excluding hydrogens is 364 g/mol. The number of rotatable bonds is 5. The lowest BCUT2D eigenvalue weighted by atomic mass is 10.00. The van der Waals surface area contributed by atoms with Crippen molar-refractivity contribution in [2.24, 2.45) is 0 Å². The molecule has 0 spiro atoms. The van der Waals surface area contributed by atoms with Gasteiger partial charge < -0.3 is 10.5 Å². The maximum absolute atomic E-state index is 9.15. The fraction of sp³-hybridized carbons (Fsp3) is 0.227. The number of hydrogen-bond acceptors (Lipinski definition) is 7. The van der Waals surface area contributed by atoms with Crippen molar-refractivity contribution in [3.05, 3.63) is 75.9 Å². The highest BCUT2D eigenvalue weighted by Crippen LogP contribution is 2.29. The molecule has 146 valence electrons. The van der Waals surface area contributed by atoms with Gasteiger partial charge in [0.15, 0.2) is 0 Å². The third-order valence-electron chi connectivity index (χ3n) is 4.64. The van der Waals surface area contributed by atoms with E-state index in [1.165, 1.54) is 0 Å². The maximum Gasteiger partial charge on any atom is 0.141 e. The predicted octanol–water partition coefficient (Wildman–Crippen LogP) is 3.81. The van der Waals surface area contributed by atoms with E-state index in [1.807, 2.05) is 26.8 Å². The van der Waals surface area contributed by atoms with Crippen LogP contribution in [0, 0.1) is 37.5 Å². The number of nitrogen functional groups attached to an aromatic ring is 1. The summed E-state index contributed by atoms with van der Waals surface area (Å²) >= 11 is 0. The Bertz CT molecular complexity index is 1110. The molecule has 0 saturated carbocycles. The summed E-state index contributed by atoms with van der Waals surface area (Å²) in [6.45, 7) is 7.61. The Labute approximate surface area is 169 Å². The van der Waals surface area contributed by atoms with Gasteiger partial charge in [-0.2, -0.15) is 15.5 Å². The summed E-state index contributed by atoms with van der Waals surface area (Å²) in [5, 5.41) is 25.8. The average Bonchev–Trinajstić information content (AvgIpc) is 2.68. The smallest absolute Gasteiger partial charge is 0.141 e. The van der Waals surface area contributed by atoms with Crippen LogP contribution in [0.5, 0.6) is 5.75 Å². The first kappa shape index (κ1) is 20.0. The van der Waals surface area contributed by atoms with Crippen LogP contribution in [0.3, 0.4) is 0 Å². The molecule has 0 radical (unpaired) electrons. The average molecular weight is 386 g/mol. The summed E-state index contributed by atoms with van der Waals surface area (Å²) in [4.78, 5) is 4.13. The van der Waals surface area contributed by atoms with Crippen LogP contribution in [0.4, 0.5) is 5.69 Å². The van der Waals surface area contributed by atoms with Gasteiger partial charge in [-0.1, -0.05) is 0 Å². The van der Waals surface area contributed by atoms with E-state index in [9.17, 15) is 0 Å². The lowest BCUT2D eigenvalue weighted by Crippen LogP contribution is -2.11. The zero-order valence-electron chi connectivity index (χ0n) is 16.8.